The van der Waals surface area contributed by atoms with Crippen LogP contribution in [0, 0.1) is 0 Å². The summed E-state index contributed by atoms with van der Waals surface area (Å²) >= 11 is 1.40. The third-order valence-corrected chi connectivity index (χ3v) is 4.70. The number of nitrogens with one attached hydrogen (secondary N) is 1. The number of rotatable bonds is 5. The SMILES string of the molecule is CC(=O)c1ccc(NC(=O)[C@@H](C)Sc2ncc3ccccn23)cc1. The van der Waals surface area contributed by atoms with Crippen LogP contribution in [0.5, 0.6) is 0 Å². The first-order chi connectivity index (χ1) is 11.5. The summed E-state index contributed by atoms with van der Waals surface area (Å²) in [7, 11) is 0. The number of pyridine rings is 1. The maximum atomic E-state index is 12.4. The van der Waals surface area contributed by atoms with Gasteiger partial charge in [-0.3, -0.25) is 14.0 Å². The van der Waals surface area contributed by atoms with Gasteiger partial charge in [-0.15, -0.1) is 0 Å². The number of benzene rings is 1. The number of nitrogens with zero attached hydrogens (tertiary/aromatic N) is 2. The lowest BCUT2D eigenvalue weighted by molar-refractivity contribution is -0.115. The second-order valence-electron chi connectivity index (χ2n) is 5.42. The van der Waals surface area contributed by atoms with Crippen molar-refractivity contribution in [3.05, 3.63) is 60.4 Å². The van der Waals surface area contributed by atoms with E-state index in [1.165, 1.54) is 18.7 Å². The zero-order valence-corrected chi connectivity index (χ0v) is 14.2. The lowest BCUT2D eigenvalue weighted by atomic mass is 10.1. The van der Waals surface area contributed by atoms with E-state index in [9.17, 15) is 9.59 Å². The Morgan fingerprint density at radius 3 is 2.62 bits per heavy atom. The molecule has 0 aliphatic carbocycles. The van der Waals surface area contributed by atoms with Crippen LogP contribution in [0.1, 0.15) is 24.2 Å². The van der Waals surface area contributed by atoms with Crippen LogP contribution < -0.4 is 5.32 Å². The minimum Gasteiger partial charge on any atom is -0.325 e. The Balaban J connectivity index is 1.67. The number of imidazole rings is 1. The summed E-state index contributed by atoms with van der Waals surface area (Å²) in [6.07, 6.45) is 3.71. The van der Waals surface area contributed by atoms with Gasteiger partial charge < -0.3 is 5.32 Å². The van der Waals surface area contributed by atoms with Crippen molar-refractivity contribution in [3.8, 4) is 0 Å². The van der Waals surface area contributed by atoms with Crippen molar-refractivity contribution >= 4 is 34.7 Å². The molecule has 0 saturated heterocycles. The van der Waals surface area contributed by atoms with Crippen LogP contribution in [-0.2, 0) is 4.79 Å². The van der Waals surface area contributed by atoms with E-state index in [0.29, 0.717) is 11.3 Å². The molecule has 1 N–H and O–H groups in total. The van der Waals surface area contributed by atoms with Gasteiger partial charge in [-0.2, -0.15) is 0 Å². The summed E-state index contributed by atoms with van der Waals surface area (Å²) in [5.41, 5.74) is 2.29. The minimum absolute atomic E-state index is 0.00276. The molecule has 1 aromatic carbocycles. The van der Waals surface area contributed by atoms with Crippen LogP contribution in [0.2, 0.25) is 0 Å². The van der Waals surface area contributed by atoms with Crippen molar-refractivity contribution < 1.29 is 9.59 Å². The van der Waals surface area contributed by atoms with E-state index in [0.717, 1.165) is 10.7 Å². The zero-order valence-electron chi connectivity index (χ0n) is 13.4. The number of amides is 1. The fraction of sp³-hybridized carbons (Fsp3) is 0.167. The molecule has 0 radical (unpaired) electrons. The molecular formula is C18H17N3O2S. The largest absolute Gasteiger partial charge is 0.325 e. The van der Waals surface area contributed by atoms with Crippen LogP contribution in [0.15, 0.2) is 60.0 Å². The number of hydrogen-bond donors (Lipinski definition) is 1. The van der Waals surface area contributed by atoms with Crippen molar-refractivity contribution in [1.82, 2.24) is 9.38 Å². The Bertz CT molecular complexity index is 887. The smallest absolute Gasteiger partial charge is 0.237 e. The molecule has 1 atom stereocenters. The van der Waals surface area contributed by atoms with Crippen LogP contribution in [0.25, 0.3) is 5.52 Å². The molecule has 1 amide bonds. The number of ketones is 1. The molecule has 0 spiro atoms. The number of carbonyl (C=O) groups is 2. The van der Waals surface area contributed by atoms with E-state index in [1.54, 1.807) is 30.5 Å². The normalized spacial score (nSPS) is 12.1. The predicted octanol–water partition coefficient (Wildman–Crippen LogP) is 3.66. The first-order valence-electron chi connectivity index (χ1n) is 7.55. The highest BCUT2D eigenvalue weighted by Gasteiger charge is 2.17. The molecule has 0 bridgehead atoms. The van der Waals surface area contributed by atoms with E-state index < -0.39 is 0 Å². The van der Waals surface area contributed by atoms with Gasteiger partial charge in [-0.25, -0.2) is 4.98 Å². The van der Waals surface area contributed by atoms with E-state index in [1.807, 2.05) is 35.7 Å². The van der Waals surface area contributed by atoms with Gasteiger partial charge in [0.15, 0.2) is 10.9 Å². The Hall–Kier alpha value is -2.60. The van der Waals surface area contributed by atoms with E-state index >= 15 is 0 Å². The maximum Gasteiger partial charge on any atom is 0.237 e. The number of fused-ring (bicyclic) bond motifs is 1. The fourth-order valence-corrected chi connectivity index (χ4v) is 3.13. The highest BCUT2D eigenvalue weighted by atomic mass is 32.2. The summed E-state index contributed by atoms with van der Waals surface area (Å²) < 4.78 is 1.95. The van der Waals surface area contributed by atoms with Gasteiger partial charge in [0.2, 0.25) is 5.91 Å². The average Bonchev–Trinajstić information content (AvgIpc) is 2.98. The van der Waals surface area contributed by atoms with Crippen molar-refractivity contribution in [2.24, 2.45) is 0 Å². The van der Waals surface area contributed by atoms with Crippen LogP contribution in [0.3, 0.4) is 0 Å². The predicted molar refractivity (Wildman–Crippen MR) is 95.6 cm³/mol. The number of hydrogen-bond acceptors (Lipinski definition) is 4. The third-order valence-electron chi connectivity index (χ3n) is 3.62. The van der Waals surface area contributed by atoms with Gasteiger partial charge in [0, 0.05) is 17.4 Å². The van der Waals surface area contributed by atoms with Gasteiger partial charge in [0.05, 0.1) is 17.0 Å². The minimum atomic E-state index is -0.303. The molecule has 6 heteroatoms. The highest BCUT2D eigenvalue weighted by molar-refractivity contribution is 8.00. The molecule has 2 aromatic heterocycles. The number of Topliss-reactive ketones (excluding diaryl/α,β-unsaturated/α-hetero) is 1. The molecule has 0 unspecified atom stereocenters. The van der Waals surface area contributed by atoms with E-state index in [4.69, 9.17) is 0 Å². The molecule has 0 saturated carbocycles. The molecule has 122 valence electrons. The molecule has 2 heterocycles. The molecule has 0 aliphatic rings. The number of aromatic nitrogens is 2. The molecule has 0 aliphatic heterocycles. The third kappa shape index (κ3) is 3.49. The summed E-state index contributed by atoms with van der Waals surface area (Å²) in [5, 5.41) is 3.34. The topological polar surface area (TPSA) is 63.5 Å². The molecule has 24 heavy (non-hydrogen) atoms. The summed E-state index contributed by atoms with van der Waals surface area (Å²) in [4.78, 5) is 28.0. The van der Waals surface area contributed by atoms with Crippen molar-refractivity contribution in [2.75, 3.05) is 5.32 Å². The van der Waals surface area contributed by atoms with E-state index in [2.05, 4.69) is 10.3 Å². The van der Waals surface area contributed by atoms with Gasteiger partial charge in [0.1, 0.15) is 0 Å². The van der Waals surface area contributed by atoms with E-state index in [-0.39, 0.29) is 16.9 Å². The lowest BCUT2D eigenvalue weighted by Crippen LogP contribution is -2.22. The second-order valence-corrected chi connectivity index (χ2v) is 6.73. The van der Waals surface area contributed by atoms with Crippen LogP contribution >= 0.6 is 11.8 Å². The molecule has 0 fully saturated rings. The van der Waals surface area contributed by atoms with Crippen molar-refractivity contribution in [1.29, 1.82) is 0 Å². The Labute approximate surface area is 144 Å². The average molecular weight is 339 g/mol. The number of carbonyl (C=O) groups excluding carboxylic acids is 2. The second kappa shape index (κ2) is 6.88. The Morgan fingerprint density at radius 1 is 1.17 bits per heavy atom. The summed E-state index contributed by atoms with van der Waals surface area (Å²) in [6.45, 7) is 3.36. The Kier molecular flexibility index (Phi) is 4.66. The first-order valence-corrected chi connectivity index (χ1v) is 8.43. The van der Waals surface area contributed by atoms with Gasteiger partial charge in [-0.1, -0.05) is 17.8 Å². The van der Waals surface area contributed by atoms with Gasteiger partial charge in [0.25, 0.3) is 0 Å². The molecule has 3 aromatic rings. The first kappa shape index (κ1) is 16.3. The van der Waals surface area contributed by atoms with Crippen LogP contribution in [-0.4, -0.2) is 26.3 Å². The lowest BCUT2D eigenvalue weighted by Gasteiger charge is -2.11. The highest BCUT2D eigenvalue weighted by Crippen LogP contribution is 2.24. The summed E-state index contributed by atoms with van der Waals surface area (Å²) in [6, 6.07) is 12.7. The van der Waals surface area contributed by atoms with Gasteiger partial charge >= 0.3 is 0 Å². The van der Waals surface area contributed by atoms with Gasteiger partial charge in [-0.05, 0) is 50.2 Å². The van der Waals surface area contributed by atoms with Crippen molar-refractivity contribution in [3.63, 3.8) is 0 Å². The molecular weight excluding hydrogens is 322 g/mol. The standard InChI is InChI=1S/C18H17N3O2S/c1-12(22)14-6-8-15(9-7-14)20-17(23)13(2)24-18-19-11-16-5-3-4-10-21(16)18/h3-11,13H,1-2H3,(H,20,23)/t13-/m1/s1. The Morgan fingerprint density at radius 2 is 1.92 bits per heavy atom. The zero-order chi connectivity index (χ0) is 17.1. The van der Waals surface area contributed by atoms with Crippen LogP contribution in [0.4, 0.5) is 5.69 Å². The maximum absolute atomic E-state index is 12.4. The quantitative estimate of drug-likeness (QED) is 0.569. The number of anilines is 1. The molecule has 5 nitrogen and oxygen atoms in total. The molecule has 3 rings (SSSR count). The fourth-order valence-electron chi connectivity index (χ4n) is 2.25. The summed E-state index contributed by atoms with van der Waals surface area (Å²) in [5.74, 6) is -0.105. The monoisotopic (exact) mass is 339 g/mol. The van der Waals surface area contributed by atoms with Crippen molar-refractivity contribution in [2.45, 2.75) is 24.3 Å². The number of thioether (sulfide) groups is 1.